The summed E-state index contributed by atoms with van der Waals surface area (Å²) in [5.41, 5.74) is 2.88. The third kappa shape index (κ3) is 7.51. The maximum Gasteiger partial charge on any atom is 0.253 e. The van der Waals surface area contributed by atoms with Crippen LogP contribution in [-0.4, -0.2) is 53.3 Å². The van der Waals surface area contributed by atoms with Crippen LogP contribution >= 0.6 is 0 Å². The highest BCUT2D eigenvalue weighted by Gasteiger charge is 2.32. The van der Waals surface area contributed by atoms with E-state index in [4.69, 9.17) is 9.47 Å². The van der Waals surface area contributed by atoms with Gasteiger partial charge in [-0.15, -0.1) is 0 Å². The van der Waals surface area contributed by atoms with Gasteiger partial charge in [0.1, 0.15) is 6.04 Å². The Morgan fingerprint density at radius 3 is 2.23 bits per heavy atom. The molecule has 0 saturated heterocycles. The molecule has 0 fully saturated rings. The van der Waals surface area contributed by atoms with Crippen molar-refractivity contribution >= 4 is 33.2 Å². The summed E-state index contributed by atoms with van der Waals surface area (Å²) in [6, 6.07) is 18.1. The number of sulfonamides is 1. The number of ether oxygens (including phenoxy) is 2. The van der Waals surface area contributed by atoms with Crippen molar-refractivity contribution in [3.05, 3.63) is 83.4 Å². The van der Waals surface area contributed by atoms with Crippen molar-refractivity contribution < 1.29 is 27.5 Å². The van der Waals surface area contributed by atoms with E-state index in [-0.39, 0.29) is 17.9 Å². The minimum absolute atomic E-state index is 0.229. The fourth-order valence-corrected chi connectivity index (χ4v) is 5.42. The molecule has 0 aliphatic heterocycles. The van der Waals surface area contributed by atoms with Crippen molar-refractivity contribution in [2.75, 3.05) is 36.6 Å². The summed E-state index contributed by atoms with van der Waals surface area (Å²) in [5, 5.41) is 5.66. The SMILES string of the molecule is CCC(C(=O)Nc1ccccc1C(=O)NCCc1ccc(OC)c(OC)c1)N(c1ccc(C)cc1)S(C)(=O)=O. The van der Waals surface area contributed by atoms with Crippen molar-refractivity contribution in [3.63, 3.8) is 0 Å². The molecular weight excluding hydrogens is 518 g/mol. The molecule has 9 nitrogen and oxygen atoms in total. The number of benzene rings is 3. The van der Waals surface area contributed by atoms with E-state index in [1.54, 1.807) is 75.7 Å². The van der Waals surface area contributed by atoms with E-state index in [9.17, 15) is 18.0 Å². The van der Waals surface area contributed by atoms with Gasteiger partial charge in [0.15, 0.2) is 11.5 Å². The zero-order valence-corrected chi connectivity index (χ0v) is 23.7. The zero-order valence-electron chi connectivity index (χ0n) is 22.9. The first kappa shape index (κ1) is 29.5. The number of carbonyl (C=O) groups excluding carboxylic acids is 2. The molecule has 0 bridgehead atoms. The van der Waals surface area contributed by atoms with Gasteiger partial charge in [0.05, 0.1) is 37.4 Å². The highest BCUT2D eigenvalue weighted by molar-refractivity contribution is 7.92. The van der Waals surface area contributed by atoms with Crippen molar-refractivity contribution in [1.82, 2.24) is 5.32 Å². The van der Waals surface area contributed by atoms with Crippen molar-refractivity contribution in [3.8, 4) is 11.5 Å². The number of para-hydroxylation sites is 1. The molecule has 0 aliphatic carbocycles. The molecule has 0 radical (unpaired) electrons. The predicted molar refractivity (Wildman–Crippen MR) is 153 cm³/mol. The number of hydrogen-bond acceptors (Lipinski definition) is 6. The Morgan fingerprint density at radius 2 is 1.62 bits per heavy atom. The summed E-state index contributed by atoms with van der Waals surface area (Å²) in [6.45, 7) is 3.99. The molecule has 3 aromatic carbocycles. The van der Waals surface area contributed by atoms with Crippen LogP contribution in [0.25, 0.3) is 0 Å². The third-order valence-electron chi connectivity index (χ3n) is 6.19. The Labute approximate surface area is 230 Å². The van der Waals surface area contributed by atoms with Crippen molar-refractivity contribution in [2.24, 2.45) is 0 Å². The fraction of sp³-hybridized carbons (Fsp3) is 0.310. The van der Waals surface area contributed by atoms with Gasteiger partial charge in [-0.1, -0.05) is 42.8 Å². The largest absolute Gasteiger partial charge is 0.493 e. The van der Waals surface area contributed by atoms with Crippen LogP contribution in [0.2, 0.25) is 0 Å². The van der Waals surface area contributed by atoms with E-state index in [0.717, 1.165) is 21.7 Å². The number of carbonyl (C=O) groups is 2. The maximum absolute atomic E-state index is 13.4. The molecule has 0 aromatic heterocycles. The van der Waals surface area contributed by atoms with E-state index < -0.39 is 22.0 Å². The lowest BCUT2D eigenvalue weighted by Crippen LogP contribution is -2.47. The molecule has 208 valence electrons. The topological polar surface area (TPSA) is 114 Å². The minimum Gasteiger partial charge on any atom is -0.493 e. The lowest BCUT2D eigenvalue weighted by Gasteiger charge is -2.30. The Bertz CT molecular complexity index is 1410. The highest BCUT2D eigenvalue weighted by Crippen LogP contribution is 2.28. The number of anilines is 2. The van der Waals surface area contributed by atoms with Crippen LogP contribution in [0.15, 0.2) is 66.7 Å². The number of nitrogens with one attached hydrogen (secondary N) is 2. The molecule has 1 unspecified atom stereocenters. The lowest BCUT2D eigenvalue weighted by atomic mass is 10.1. The van der Waals surface area contributed by atoms with E-state index in [0.29, 0.717) is 35.8 Å². The van der Waals surface area contributed by atoms with Crippen LogP contribution in [0.5, 0.6) is 11.5 Å². The predicted octanol–water partition coefficient (Wildman–Crippen LogP) is 4.17. The molecule has 0 aliphatic rings. The molecule has 10 heteroatoms. The van der Waals surface area contributed by atoms with Gasteiger partial charge >= 0.3 is 0 Å². The Kier molecular flexibility index (Phi) is 9.95. The monoisotopic (exact) mass is 553 g/mol. The van der Waals surface area contributed by atoms with Crippen LogP contribution in [0.3, 0.4) is 0 Å². The second kappa shape index (κ2) is 13.1. The van der Waals surface area contributed by atoms with Gasteiger partial charge in [-0.25, -0.2) is 8.42 Å². The second-order valence-corrected chi connectivity index (χ2v) is 10.9. The van der Waals surface area contributed by atoms with Crippen molar-refractivity contribution in [2.45, 2.75) is 32.7 Å². The van der Waals surface area contributed by atoms with Crippen LogP contribution in [0.1, 0.15) is 34.8 Å². The number of amides is 2. The second-order valence-electron chi connectivity index (χ2n) is 9.05. The fourth-order valence-electron chi connectivity index (χ4n) is 4.21. The summed E-state index contributed by atoms with van der Waals surface area (Å²) in [5.74, 6) is 0.331. The number of nitrogens with zero attached hydrogens (tertiary/aromatic N) is 1. The standard InChI is InChI=1S/C29H35N3O6S/c1-6-25(32(39(5,35)36)22-14-11-20(2)12-15-22)29(34)31-24-10-8-7-9-23(24)28(33)30-18-17-21-13-16-26(37-3)27(19-21)38-4/h7-16,19,25H,6,17-18H2,1-5H3,(H,30,33)(H,31,34). The van der Waals surface area contributed by atoms with Gasteiger partial charge in [0, 0.05) is 6.54 Å². The molecule has 3 rings (SSSR count). The Hall–Kier alpha value is -4.05. The van der Waals surface area contributed by atoms with Crippen LogP contribution in [-0.2, 0) is 21.2 Å². The molecule has 1 atom stereocenters. The third-order valence-corrected chi connectivity index (χ3v) is 7.37. The van der Waals surface area contributed by atoms with E-state index in [1.807, 2.05) is 19.1 Å². The average molecular weight is 554 g/mol. The van der Waals surface area contributed by atoms with Gasteiger partial charge in [0.2, 0.25) is 15.9 Å². The smallest absolute Gasteiger partial charge is 0.253 e. The molecule has 3 aromatic rings. The summed E-state index contributed by atoms with van der Waals surface area (Å²) in [7, 11) is -0.647. The summed E-state index contributed by atoms with van der Waals surface area (Å²) in [6.07, 6.45) is 1.85. The van der Waals surface area contributed by atoms with E-state index in [2.05, 4.69) is 10.6 Å². The van der Waals surface area contributed by atoms with Gasteiger partial charge in [0.25, 0.3) is 5.91 Å². The average Bonchev–Trinajstić information content (AvgIpc) is 2.91. The van der Waals surface area contributed by atoms with Crippen LogP contribution in [0, 0.1) is 6.92 Å². The summed E-state index contributed by atoms with van der Waals surface area (Å²) >= 11 is 0. The Balaban J connectivity index is 1.74. The number of aryl methyl sites for hydroxylation is 1. The van der Waals surface area contributed by atoms with Crippen LogP contribution < -0.4 is 24.4 Å². The van der Waals surface area contributed by atoms with Crippen molar-refractivity contribution in [1.29, 1.82) is 0 Å². The quantitative estimate of drug-likeness (QED) is 0.348. The number of hydrogen-bond donors (Lipinski definition) is 2. The van der Waals surface area contributed by atoms with E-state index in [1.165, 1.54) is 0 Å². The van der Waals surface area contributed by atoms with Gasteiger partial charge in [-0.2, -0.15) is 0 Å². The van der Waals surface area contributed by atoms with Gasteiger partial charge in [-0.3, -0.25) is 13.9 Å². The lowest BCUT2D eigenvalue weighted by molar-refractivity contribution is -0.117. The first-order chi connectivity index (χ1) is 18.6. The molecule has 0 heterocycles. The summed E-state index contributed by atoms with van der Waals surface area (Å²) < 4.78 is 37.2. The molecule has 2 amide bonds. The van der Waals surface area contributed by atoms with E-state index >= 15 is 0 Å². The number of rotatable bonds is 12. The maximum atomic E-state index is 13.4. The van der Waals surface area contributed by atoms with Gasteiger partial charge < -0.3 is 20.1 Å². The molecule has 0 spiro atoms. The first-order valence-corrected chi connectivity index (χ1v) is 14.4. The minimum atomic E-state index is -3.78. The summed E-state index contributed by atoms with van der Waals surface area (Å²) in [4.78, 5) is 26.4. The molecular formula is C29H35N3O6S. The molecule has 0 saturated carbocycles. The highest BCUT2D eigenvalue weighted by atomic mass is 32.2. The molecule has 2 N–H and O–H groups in total. The Morgan fingerprint density at radius 1 is 0.949 bits per heavy atom. The molecule has 39 heavy (non-hydrogen) atoms. The zero-order chi connectivity index (χ0) is 28.6. The van der Waals surface area contributed by atoms with Crippen LogP contribution in [0.4, 0.5) is 11.4 Å². The van der Waals surface area contributed by atoms with Gasteiger partial charge in [-0.05, 0) is 61.7 Å². The number of methoxy groups -OCH3 is 2. The first-order valence-electron chi connectivity index (χ1n) is 12.5. The normalized spacial score (nSPS) is 11.8.